The van der Waals surface area contributed by atoms with E-state index in [0.29, 0.717) is 11.5 Å². The van der Waals surface area contributed by atoms with Crippen LogP contribution in [-0.2, 0) is 32.7 Å². The number of hydrogen-bond donors (Lipinski definition) is 0. The Morgan fingerprint density at radius 3 is 2.04 bits per heavy atom. The fourth-order valence-corrected chi connectivity index (χ4v) is 4.04. The average molecular weight is 432 g/mol. The van der Waals surface area contributed by atoms with E-state index >= 15 is 0 Å². The molecule has 0 heterocycles. The summed E-state index contributed by atoms with van der Waals surface area (Å²) >= 11 is 0. The standard InChI is InChI=1S/C25H24F.Y/c1-18-7-9-19(10-8-18)20-11-13-21(14-12-20)23-15-16-24(25(26)17-23)22-5-3-2-4-6-22;/h3-6,11-19H,7-10H2,1H3;/q-1;. The van der Waals surface area contributed by atoms with Crippen molar-refractivity contribution in [1.29, 1.82) is 0 Å². The zero-order valence-corrected chi connectivity index (χ0v) is 18.6. The second-order valence-corrected chi connectivity index (χ2v) is 7.56. The van der Waals surface area contributed by atoms with Crippen molar-refractivity contribution >= 4 is 0 Å². The number of rotatable bonds is 3. The average Bonchev–Trinajstić information content (AvgIpc) is 2.69. The van der Waals surface area contributed by atoms with Crippen LogP contribution < -0.4 is 0 Å². The van der Waals surface area contributed by atoms with Gasteiger partial charge >= 0.3 is 0 Å². The molecular weight excluding hydrogens is 408 g/mol. The zero-order valence-electron chi connectivity index (χ0n) is 15.8. The molecule has 2 heteroatoms. The van der Waals surface area contributed by atoms with Gasteiger partial charge in [-0.05, 0) is 53.0 Å². The van der Waals surface area contributed by atoms with Crippen LogP contribution in [0.5, 0.6) is 0 Å². The van der Waals surface area contributed by atoms with Gasteiger partial charge in [0.25, 0.3) is 0 Å². The van der Waals surface area contributed by atoms with Crippen LogP contribution in [0.25, 0.3) is 22.3 Å². The van der Waals surface area contributed by atoms with E-state index in [0.717, 1.165) is 22.6 Å². The summed E-state index contributed by atoms with van der Waals surface area (Å²) in [6.45, 7) is 2.35. The Balaban J connectivity index is 0.00000210. The minimum atomic E-state index is -0.181. The largest absolute Gasteiger partial charge is 0.206 e. The molecule has 3 aromatic carbocycles. The van der Waals surface area contributed by atoms with Gasteiger partial charge in [0, 0.05) is 32.7 Å². The molecule has 27 heavy (non-hydrogen) atoms. The van der Waals surface area contributed by atoms with Gasteiger partial charge in [0.15, 0.2) is 0 Å². The maximum Gasteiger partial charge on any atom is 0.129 e. The maximum atomic E-state index is 14.6. The first kappa shape index (κ1) is 20.4. The van der Waals surface area contributed by atoms with Gasteiger partial charge in [0.05, 0.1) is 0 Å². The van der Waals surface area contributed by atoms with E-state index in [2.05, 4.69) is 37.3 Å². The summed E-state index contributed by atoms with van der Waals surface area (Å²) in [6.07, 6.45) is 5.24. The molecule has 4 rings (SSSR count). The smallest absolute Gasteiger partial charge is 0.129 e. The van der Waals surface area contributed by atoms with Crippen LogP contribution in [0.2, 0.25) is 0 Å². The van der Waals surface area contributed by atoms with Crippen LogP contribution in [0.4, 0.5) is 4.39 Å². The predicted octanol–water partition coefficient (Wildman–Crippen LogP) is 7.25. The van der Waals surface area contributed by atoms with E-state index in [1.807, 2.05) is 36.4 Å². The van der Waals surface area contributed by atoms with Crippen molar-refractivity contribution in [3.8, 4) is 22.3 Å². The van der Waals surface area contributed by atoms with Crippen LogP contribution in [0.1, 0.15) is 44.1 Å². The van der Waals surface area contributed by atoms with Gasteiger partial charge in [-0.25, -0.2) is 4.39 Å². The maximum absolute atomic E-state index is 14.6. The summed E-state index contributed by atoms with van der Waals surface area (Å²) in [6, 6.07) is 24.6. The molecule has 0 saturated heterocycles. The van der Waals surface area contributed by atoms with Crippen molar-refractivity contribution in [3.05, 3.63) is 84.2 Å². The molecule has 0 aromatic heterocycles. The fraction of sp³-hybridized carbons (Fsp3) is 0.280. The first-order valence-electron chi connectivity index (χ1n) is 9.57. The molecule has 3 aromatic rings. The SMILES string of the molecule is CC1CCC(c2ccc(-c3ccc(-c4cc[c-]cc4)c(F)c3)cc2)CC1.[Y]. The van der Waals surface area contributed by atoms with E-state index in [4.69, 9.17) is 0 Å². The zero-order chi connectivity index (χ0) is 17.9. The molecule has 0 amide bonds. The molecule has 0 atom stereocenters. The Kier molecular flexibility index (Phi) is 7.01. The molecule has 135 valence electrons. The molecule has 0 spiro atoms. The van der Waals surface area contributed by atoms with Crippen molar-refractivity contribution < 1.29 is 37.1 Å². The first-order valence-corrected chi connectivity index (χ1v) is 9.57. The van der Waals surface area contributed by atoms with Gasteiger partial charge in [-0.1, -0.05) is 56.2 Å². The van der Waals surface area contributed by atoms with Crippen LogP contribution in [0.15, 0.2) is 66.7 Å². The second kappa shape index (κ2) is 9.26. The summed E-state index contributed by atoms with van der Waals surface area (Å²) < 4.78 is 14.6. The first-order chi connectivity index (χ1) is 12.7. The van der Waals surface area contributed by atoms with E-state index in [-0.39, 0.29) is 38.5 Å². The van der Waals surface area contributed by atoms with Crippen molar-refractivity contribution in [2.45, 2.75) is 38.5 Å². The third kappa shape index (κ3) is 4.76. The molecule has 0 unspecified atom stereocenters. The molecule has 0 nitrogen and oxygen atoms in total. The Morgan fingerprint density at radius 2 is 1.41 bits per heavy atom. The number of benzene rings is 3. The van der Waals surface area contributed by atoms with E-state index in [1.165, 1.54) is 31.2 Å². The summed E-state index contributed by atoms with van der Waals surface area (Å²) in [5.41, 5.74) is 4.95. The normalized spacial score (nSPS) is 19.3. The van der Waals surface area contributed by atoms with Crippen LogP contribution in [0, 0.1) is 17.8 Å². The van der Waals surface area contributed by atoms with Crippen molar-refractivity contribution in [2.75, 3.05) is 0 Å². The molecule has 1 aliphatic rings. The van der Waals surface area contributed by atoms with Crippen molar-refractivity contribution in [1.82, 2.24) is 0 Å². The van der Waals surface area contributed by atoms with Gasteiger partial charge in [0.1, 0.15) is 5.82 Å². The molecule has 0 N–H and O–H groups in total. The summed E-state index contributed by atoms with van der Waals surface area (Å²) in [4.78, 5) is 0. The third-order valence-electron chi connectivity index (χ3n) is 5.73. The summed E-state index contributed by atoms with van der Waals surface area (Å²) in [5, 5.41) is 0. The molecular formula is C25H24FY-. The number of hydrogen-bond acceptors (Lipinski definition) is 0. The Labute approximate surface area is 187 Å². The molecule has 0 bridgehead atoms. The summed E-state index contributed by atoms with van der Waals surface area (Å²) in [5.74, 6) is 1.38. The topological polar surface area (TPSA) is 0 Å². The minimum Gasteiger partial charge on any atom is -0.206 e. The Morgan fingerprint density at radius 1 is 0.778 bits per heavy atom. The second-order valence-electron chi connectivity index (χ2n) is 7.56. The van der Waals surface area contributed by atoms with Crippen molar-refractivity contribution in [2.24, 2.45) is 5.92 Å². The van der Waals surface area contributed by atoms with Crippen LogP contribution in [-0.4, -0.2) is 0 Å². The predicted molar refractivity (Wildman–Crippen MR) is 106 cm³/mol. The quantitative estimate of drug-likeness (QED) is 0.383. The monoisotopic (exact) mass is 432 g/mol. The van der Waals surface area contributed by atoms with Gasteiger partial charge in [0.2, 0.25) is 0 Å². The van der Waals surface area contributed by atoms with Gasteiger partial charge in [-0.2, -0.15) is 30.3 Å². The molecule has 0 aliphatic heterocycles. The Hall–Kier alpha value is -1.31. The summed E-state index contributed by atoms with van der Waals surface area (Å²) in [7, 11) is 0. The third-order valence-corrected chi connectivity index (χ3v) is 5.73. The number of halogens is 1. The van der Waals surface area contributed by atoms with Crippen LogP contribution >= 0.6 is 0 Å². The van der Waals surface area contributed by atoms with E-state index in [9.17, 15) is 4.39 Å². The van der Waals surface area contributed by atoms with Gasteiger partial charge < -0.3 is 0 Å². The fourth-order valence-electron chi connectivity index (χ4n) is 4.04. The Bertz CT molecular complexity index is 863. The molecule has 1 aliphatic carbocycles. The van der Waals surface area contributed by atoms with Crippen LogP contribution in [0.3, 0.4) is 0 Å². The van der Waals surface area contributed by atoms with Gasteiger partial charge in [-0.3, -0.25) is 0 Å². The van der Waals surface area contributed by atoms with E-state index in [1.54, 1.807) is 6.07 Å². The molecule has 1 saturated carbocycles. The van der Waals surface area contributed by atoms with E-state index < -0.39 is 0 Å². The molecule has 1 fully saturated rings. The molecule has 1 radical (unpaired) electrons. The minimum absolute atomic E-state index is 0. The van der Waals surface area contributed by atoms with Crippen molar-refractivity contribution in [3.63, 3.8) is 0 Å². The van der Waals surface area contributed by atoms with Gasteiger partial charge in [-0.15, -0.1) is 5.56 Å².